The predicted molar refractivity (Wildman–Crippen MR) is 224 cm³/mol. The third-order valence-corrected chi connectivity index (χ3v) is 10.5. The Bertz CT molecular complexity index is 1840. The van der Waals surface area contributed by atoms with E-state index in [2.05, 4.69) is 20.9 Å². The first-order chi connectivity index (χ1) is 27.1. The average molecular weight is 785 g/mol. The van der Waals surface area contributed by atoms with Gasteiger partial charge in [-0.05, 0) is 81.1 Å². The lowest BCUT2D eigenvalue weighted by molar-refractivity contribution is -0.143. The molecule has 12 heteroatoms. The normalized spacial score (nSPS) is 16.5. The van der Waals surface area contributed by atoms with Gasteiger partial charge in [-0.3, -0.25) is 33.8 Å². The van der Waals surface area contributed by atoms with Crippen LogP contribution in [0, 0.1) is 17.8 Å². The Morgan fingerprint density at radius 2 is 1.40 bits per heavy atom. The summed E-state index contributed by atoms with van der Waals surface area (Å²) in [5.41, 5.74) is 3.01. The smallest absolute Gasteiger partial charge is 0.257 e. The lowest BCUT2D eigenvalue weighted by Crippen LogP contribution is -2.58. The molecule has 0 aliphatic carbocycles. The second kappa shape index (κ2) is 21.0. The quantitative estimate of drug-likeness (QED) is 0.111. The van der Waals surface area contributed by atoms with E-state index >= 15 is 0 Å². The van der Waals surface area contributed by atoms with Crippen molar-refractivity contribution in [2.75, 3.05) is 21.2 Å². The molecule has 0 radical (unpaired) electrons. The number of nitrogens with zero attached hydrogens (tertiary/aromatic N) is 2. The van der Waals surface area contributed by atoms with Gasteiger partial charge in [0.1, 0.15) is 23.9 Å². The summed E-state index contributed by atoms with van der Waals surface area (Å²) in [5, 5.41) is 10.1. The van der Waals surface area contributed by atoms with Crippen LogP contribution in [-0.2, 0) is 41.6 Å². The topological polar surface area (TPSA) is 153 Å². The molecule has 12 nitrogen and oxygen atoms in total. The summed E-state index contributed by atoms with van der Waals surface area (Å²) in [6.07, 6.45) is 5.91. The van der Waals surface area contributed by atoms with E-state index in [4.69, 9.17) is 4.74 Å². The number of hydrogen-bond donors (Lipinski definition) is 4. The molecule has 1 aliphatic heterocycles. The number of aryl methyl sites for hydroxylation is 1. The number of fused-ring (bicyclic) bond motifs is 1. The third kappa shape index (κ3) is 12.5. The van der Waals surface area contributed by atoms with Crippen molar-refractivity contribution >= 4 is 40.4 Å². The largest absolute Gasteiger partial charge is 0.499 e. The highest BCUT2D eigenvalue weighted by Crippen LogP contribution is 2.28. The second-order valence-electron chi connectivity index (χ2n) is 16.7. The number of rotatable bonds is 21. The van der Waals surface area contributed by atoms with Crippen LogP contribution in [0.15, 0.2) is 72.6 Å². The summed E-state index contributed by atoms with van der Waals surface area (Å²) in [6, 6.07) is 14.6. The number of benzene rings is 2. The van der Waals surface area contributed by atoms with E-state index < -0.39 is 42.0 Å². The van der Waals surface area contributed by atoms with Crippen LogP contribution < -0.4 is 16.0 Å². The molecular weight excluding hydrogens is 721 g/mol. The van der Waals surface area contributed by atoms with Crippen LogP contribution in [0.25, 0.3) is 10.9 Å². The zero-order valence-electron chi connectivity index (χ0n) is 35.3. The fourth-order valence-corrected chi connectivity index (χ4v) is 7.82. The minimum Gasteiger partial charge on any atom is -0.499 e. The van der Waals surface area contributed by atoms with Gasteiger partial charge in [0.05, 0.1) is 13.2 Å². The van der Waals surface area contributed by atoms with Gasteiger partial charge in [-0.15, -0.1) is 0 Å². The van der Waals surface area contributed by atoms with E-state index in [1.165, 1.54) is 18.1 Å². The van der Waals surface area contributed by atoms with Gasteiger partial charge < -0.3 is 25.7 Å². The Morgan fingerprint density at radius 3 is 2.00 bits per heavy atom. The Morgan fingerprint density at radius 1 is 0.807 bits per heavy atom. The lowest BCUT2D eigenvalue weighted by Gasteiger charge is -2.30. The molecule has 310 valence electrons. The molecule has 2 aromatic carbocycles. The molecule has 0 saturated heterocycles. The molecular formula is C45H64N6O6. The maximum Gasteiger partial charge on any atom is 0.257 e. The van der Waals surface area contributed by atoms with Crippen LogP contribution in [0.3, 0.4) is 0 Å². The van der Waals surface area contributed by atoms with E-state index in [-0.39, 0.29) is 48.3 Å². The number of nitrogens with one attached hydrogen (secondary N) is 4. The lowest BCUT2D eigenvalue weighted by atomic mass is 9.97. The number of imide groups is 1. The summed E-state index contributed by atoms with van der Waals surface area (Å²) in [7, 11) is 5.18. The molecule has 0 unspecified atom stereocenters. The predicted octanol–water partition coefficient (Wildman–Crippen LogP) is 5.52. The monoisotopic (exact) mass is 784 g/mol. The third-order valence-electron chi connectivity index (χ3n) is 10.5. The van der Waals surface area contributed by atoms with Crippen LogP contribution in [0.1, 0.15) is 84.8 Å². The number of likely N-dealkylation sites (N-methyl/N-ethyl adjacent to an activating group) is 1. The highest BCUT2D eigenvalue weighted by Gasteiger charge is 2.39. The molecule has 2 heterocycles. The molecule has 1 aromatic heterocycles. The van der Waals surface area contributed by atoms with E-state index in [1.54, 1.807) is 0 Å². The zero-order chi connectivity index (χ0) is 41.8. The number of carbonyl (C=O) groups is 5. The van der Waals surface area contributed by atoms with Crippen molar-refractivity contribution in [2.24, 2.45) is 17.8 Å². The zero-order valence-corrected chi connectivity index (χ0v) is 35.3. The number of hydrogen-bond acceptors (Lipinski definition) is 7. The van der Waals surface area contributed by atoms with Crippen LogP contribution in [0.5, 0.6) is 0 Å². The van der Waals surface area contributed by atoms with Gasteiger partial charge in [-0.1, -0.05) is 90.1 Å². The summed E-state index contributed by atoms with van der Waals surface area (Å²) < 4.78 is 5.60. The molecule has 0 spiro atoms. The number of aromatic amines is 1. The van der Waals surface area contributed by atoms with E-state index in [9.17, 15) is 24.0 Å². The Labute approximate surface area is 338 Å². The number of amides is 5. The number of methoxy groups -OCH3 is 1. The van der Waals surface area contributed by atoms with Crippen molar-refractivity contribution in [1.82, 2.24) is 30.7 Å². The van der Waals surface area contributed by atoms with Gasteiger partial charge in [-0.2, -0.15) is 0 Å². The van der Waals surface area contributed by atoms with Crippen LogP contribution >= 0.6 is 0 Å². The van der Waals surface area contributed by atoms with Gasteiger partial charge in [-0.25, -0.2) is 0 Å². The number of para-hydroxylation sites is 1. The van der Waals surface area contributed by atoms with Crippen molar-refractivity contribution in [3.8, 4) is 0 Å². The first-order valence-electron chi connectivity index (χ1n) is 20.4. The molecule has 0 saturated carbocycles. The Balaban J connectivity index is 1.51. The van der Waals surface area contributed by atoms with Crippen molar-refractivity contribution in [2.45, 2.75) is 117 Å². The van der Waals surface area contributed by atoms with Crippen molar-refractivity contribution in [3.63, 3.8) is 0 Å². The molecule has 5 amide bonds. The second-order valence-corrected chi connectivity index (χ2v) is 16.7. The number of carbonyl (C=O) groups excluding carboxylic acids is 5. The van der Waals surface area contributed by atoms with Crippen molar-refractivity contribution < 1.29 is 28.7 Å². The SMILES string of the molecule is COC1=CC(=O)N(C(=O)CC[C@H](CCc2ccccc2)NC(=O)[C@H](CC(C)C)NC(=O)[C@H](CC(C)C)NC(=O)[C@H](C(C)C)N(C)C)[C@H]1Cc1c[nH]c2ccccc12. The fraction of sp³-hybridized carbons (Fsp3) is 0.533. The van der Waals surface area contributed by atoms with Gasteiger partial charge in [0.15, 0.2) is 0 Å². The Kier molecular flexibility index (Phi) is 16.5. The number of aromatic nitrogens is 1. The highest BCUT2D eigenvalue weighted by molar-refractivity contribution is 6.04. The minimum absolute atomic E-state index is 0.00723. The summed E-state index contributed by atoms with van der Waals surface area (Å²) >= 11 is 0. The molecule has 0 fully saturated rings. The summed E-state index contributed by atoms with van der Waals surface area (Å²) in [5.74, 6) is -1.17. The minimum atomic E-state index is -0.872. The van der Waals surface area contributed by atoms with E-state index in [0.29, 0.717) is 37.9 Å². The van der Waals surface area contributed by atoms with E-state index in [1.807, 2.05) is 121 Å². The molecule has 57 heavy (non-hydrogen) atoms. The maximum atomic E-state index is 14.2. The van der Waals surface area contributed by atoms with Gasteiger partial charge in [0.25, 0.3) is 5.91 Å². The number of ether oxygens (including phenoxy) is 1. The van der Waals surface area contributed by atoms with Gasteiger partial charge >= 0.3 is 0 Å². The molecule has 0 bridgehead atoms. The molecule has 5 atom stereocenters. The van der Waals surface area contributed by atoms with Crippen LogP contribution in [0.2, 0.25) is 0 Å². The van der Waals surface area contributed by atoms with Crippen LogP contribution in [-0.4, -0.2) is 95.7 Å². The first kappa shape index (κ1) is 44.7. The number of H-pyrrole nitrogens is 1. The average Bonchev–Trinajstić information content (AvgIpc) is 3.71. The fourth-order valence-electron chi connectivity index (χ4n) is 7.82. The van der Waals surface area contributed by atoms with Crippen molar-refractivity contribution in [1.29, 1.82) is 0 Å². The molecule has 1 aliphatic rings. The Hall–Kier alpha value is -4.97. The van der Waals surface area contributed by atoms with Gasteiger partial charge in [0.2, 0.25) is 23.6 Å². The summed E-state index contributed by atoms with van der Waals surface area (Å²) in [4.78, 5) is 75.2. The standard InChI is InChI=1S/C45H64N6O6/c1-28(2)23-36(48-44(55)37(24-29(3)4)49-45(56)42(30(5)6)50(7)8)43(54)47-33(20-19-31-15-11-10-12-16-31)21-22-40(52)51-38(39(57-9)26-41(51)53)25-32-27-46-35-18-14-13-17-34(32)35/h10-18,26-30,33,36-38,42,46H,19-25H2,1-9H3,(H,47,54)(H,48,55)(H,49,56)/t33-,36-,37-,38-,42-/m0/s1. The van der Waals surface area contributed by atoms with E-state index in [0.717, 1.165) is 22.0 Å². The molecule has 4 N–H and O–H groups in total. The van der Waals surface area contributed by atoms with Crippen LogP contribution in [0.4, 0.5) is 0 Å². The molecule has 3 aromatic rings. The summed E-state index contributed by atoms with van der Waals surface area (Å²) in [6.45, 7) is 11.9. The maximum absolute atomic E-state index is 14.2. The van der Waals surface area contributed by atoms with Crippen molar-refractivity contribution in [3.05, 3.63) is 83.8 Å². The highest BCUT2D eigenvalue weighted by atomic mass is 16.5. The molecule has 4 rings (SSSR count). The van der Waals surface area contributed by atoms with Gasteiger partial charge in [0, 0.05) is 42.1 Å². The first-order valence-corrected chi connectivity index (χ1v) is 20.4.